The lowest BCUT2D eigenvalue weighted by Gasteiger charge is -2.36. The number of aromatic nitrogens is 1. The number of amides is 1. The number of pyridine rings is 1. The molecule has 1 atom stereocenters. The zero-order chi connectivity index (χ0) is 13.2. The molecule has 1 aromatic heterocycles. The molecule has 0 radical (unpaired) electrons. The molecule has 98 valence electrons. The van der Waals surface area contributed by atoms with Gasteiger partial charge in [0, 0.05) is 43.4 Å². The van der Waals surface area contributed by atoms with Gasteiger partial charge in [0.1, 0.15) is 0 Å². The largest absolute Gasteiger partial charge is 0.333 e. The maximum Gasteiger partial charge on any atom is 0.223 e. The van der Waals surface area contributed by atoms with Gasteiger partial charge in [-0.1, -0.05) is 6.07 Å². The summed E-state index contributed by atoms with van der Waals surface area (Å²) >= 11 is 0. The van der Waals surface area contributed by atoms with Crippen molar-refractivity contribution < 1.29 is 4.79 Å². The molecule has 1 aliphatic heterocycles. The summed E-state index contributed by atoms with van der Waals surface area (Å²) in [7, 11) is 1.93. The molecule has 1 saturated heterocycles. The topological polar surface area (TPSA) is 45.2 Å². The van der Waals surface area contributed by atoms with E-state index in [9.17, 15) is 4.79 Å². The molecule has 1 amide bonds. The first kappa shape index (κ1) is 13.0. The Kier molecular flexibility index (Phi) is 3.66. The first-order valence-electron chi connectivity index (χ1n) is 6.39. The molecule has 4 nitrogen and oxygen atoms in total. The van der Waals surface area contributed by atoms with E-state index < -0.39 is 0 Å². The van der Waals surface area contributed by atoms with Crippen molar-refractivity contribution in [2.75, 3.05) is 13.6 Å². The zero-order valence-electron chi connectivity index (χ0n) is 11.3. The third-order valence-corrected chi connectivity index (χ3v) is 3.93. The molecule has 2 heterocycles. The SMILES string of the molecule is CNCC1CC(=O)N(Cc2cccnc2)C1(C)C. The lowest BCUT2D eigenvalue weighted by Crippen LogP contribution is -2.45. The number of rotatable bonds is 4. The second kappa shape index (κ2) is 5.06. The van der Waals surface area contributed by atoms with Gasteiger partial charge in [-0.3, -0.25) is 9.78 Å². The molecule has 1 aliphatic rings. The number of hydrogen-bond donors (Lipinski definition) is 1. The predicted octanol–water partition coefficient (Wildman–Crippen LogP) is 1.43. The van der Waals surface area contributed by atoms with Crippen LogP contribution in [0.25, 0.3) is 0 Å². The fourth-order valence-corrected chi connectivity index (χ4v) is 2.65. The average molecular weight is 247 g/mol. The molecule has 2 rings (SSSR count). The van der Waals surface area contributed by atoms with Gasteiger partial charge in [-0.2, -0.15) is 0 Å². The van der Waals surface area contributed by atoms with Crippen molar-refractivity contribution in [1.82, 2.24) is 15.2 Å². The Morgan fingerprint density at radius 1 is 1.56 bits per heavy atom. The molecular weight excluding hydrogens is 226 g/mol. The molecule has 1 aromatic rings. The van der Waals surface area contributed by atoms with Gasteiger partial charge in [0.05, 0.1) is 0 Å². The zero-order valence-corrected chi connectivity index (χ0v) is 11.3. The summed E-state index contributed by atoms with van der Waals surface area (Å²) in [5.74, 6) is 0.607. The van der Waals surface area contributed by atoms with E-state index in [1.165, 1.54) is 0 Å². The number of carbonyl (C=O) groups is 1. The minimum atomic E-state index is -0.101. The minimum absolute atomic E-state index is 0.101. The van der Waals surface area contributed by atoms with Crippen molar-refractivity contribution in [3.8, 4) is 0 Å². The second-order valence-electron chi connectivity index (χ2n) is 5.45. The highest BCUT2D eigenvalue weighted by molar-refractivity contribution is 5.80. The molecule has 4 heteroatoms. The van der Waals surface area contributed by atoms with Gasteiger partial charge < -0.3 is 10.2 Å². The molecule has 0 bridgehead atoms. The Labute approximate surface area is 108 Å². The Hall–Kier alpha value is -1.42. The van der Waals surface area contributed by atoms with Gasteiger partial charge in [-0.15, -0.1) is 0 Å². The monoisotopic (exact) mass is 247 g/mol. The molecule has 1 fully saturated rings. The van der Waals surface area contributed by atoms with Gasteiger partial charge >= 0.3 is 0 Å². The summed E-state index contributed by atoms with van der Waals surface area (Å²) in [5, 5.41) is 3.18. The molecule has 0 aliphatic carbocycles. The second-order valence-corrected chi connectivity index (χ2v) is 5.45. The van der Waals surface area contributed by atoms with E-state index in [1.807, 2.05) is 30.3 Å². The molecule has 18 heavy (non-hydrogen) atoms. The van der Waals surface area contributed by atoms with Crippen molar-refractivity contribution in [2.24, 2.45) is 5.92 Å². The van der Waals surface area contributed by atoms with E-state index in [1.54, 1.807) is 6.20 Å². The first-order valence-corrected chi connectivity index (χ1v) is 6.39. The van der Waals surface area contributed by atoms with Crippen molar-refractivity contribution in [3.05, 3.63) is 30.1 Å². The van der Waals surface area contributed by atoms with Crippen LogP contribution in [-0.2, 0) is 11.3 Å². The number of nitrogens with one attached hydrogen (secondary N) is 1. The molecule has 1 unspecified atom stereocenters. The number of carbonyl (C=O) groups excluding carboxylic acids is 1. The molecule has 0 saturated carbocycles. The van der Waals surface area contributed by atoms with Crippen molar-refractivity contribution in [1.29, 1.82) is 0 Å². The predicted molar refractivity (Wildman–Crippen MR) is 70.9 cm³/mol. The Bertz CT molecular complexity index is 416. The Morgan fingerprint density at radius 3 is 2.94 bits per heavy atom. The smallest absolute Gasteiger partial charge is 0.223 e. The van der Waals surface area contributed by atoms with E-state index >= 15 is 0 Å². The van der Waals surface area contributed by atoms with E-state index in [2.05, 4.69) is 24.1 Å². The van der Waals surface area contributed by atoms with E-state index in [4.69, 9.17) is 0 Å². The summed E-state index contributed by atoms with van der Waals surface area (Å²) < 4.78 is 0. The van der Waals surface area contributed by atoms with Gasteiger partial charge in [0.2, 0.25) is 5.91 Å². The molecular formula is C14H21N3O. The van der Waals surface area contributed by atoms with Crippen LogP contribution in [0, 0.1) is 5.92 Å². The van der Waals surface area contributed by atoms with Gasteiger partial charge in [-0.05, 0) is 32.5 Å². The van der Waals surface area contributed by atoms with Crippen LogP contribution in [0.5, 0.6) is 0 Å². The fraction of sp³-hybridized carbons (Fsp3) is 0.571. The molecule has 0 aromatic carbocycles. The highest BCUT2D eigenvalue weighted by Crippen LogP contribution is 2.36. The maximum absolute atomic E-state index is 12.2. The average Bonchev–Trinajstić information content (AvgIpc) is 2.55. The van der Waals surface area contributed by atoms with Crippen LogP contribution < -0.4 is 5.32 Å². The Morgan fingerprint density at radius 2 is 2.33 bits per heavy atom. The quantitative estimate of drug-likeness (QED) is 0.875. The van der Waals surface area contributed by atoms with Crippen molar-refractivity contribution >= 4 is 5.91 Å². The normalized spacial score (nSPS) is 22.5. The molecule has 1 N–H and O–H groups in total. The van der Waals surface area contributed by atoms with E-state index in [-0.39, 0.29) is 11.4 Å². The highest BCUT2D eigenvalue weighted by atomic mass is 16.2. The van der Waals surface area contributed by atoms with Crippen LogP contribution in [0.3, 0.4) is 0 Å². The summed E-state index contributed by atoms with van der Waals surface area (Å²) in [6.07, 6.45) is 4.22. The van der Waals surface area contributed by atoms with Crippen LogP contribution in [0.1, 0.15) is 25.8 Å². The van der Waals surface area contributed by atoms with Crippen LogP contribution in [0.15, 0.2) is 24.5 Å². The minimum Gasteiger partial charge on any atom is -0.333 e. The van der Waals surface area contributed by atoms with E-state index in [0.29, 0.717) is 18.9 Å². The standard InChI is InChI=1S/C14H21N3O/c1-14(2)12(9-15-3)7-13(18)17(14)10-11-5-4-6-16-8-11/h4-6,8,12,15H,7,9-10H2,1-3H3. The van der Waals surface area contributed by atoms with E-state index in [0.717, 1.165) is 12.1 Å². The summed E-state index contributed by atoms with van der Waals surface area (Å²) in [6, 6.07) is 3.93. The Balaban J connectivity index is 2.15. The van der Waals surface area contributed by atoms with Gasteiger partial charge in [-0.25, -0.2) is 0 Å². The molecule has 0 spiro atoms. The summed E-state index contributed by atoms with van der Waals surface area (Å²) in [5.41, 5.74) is 0.986. The van der Waals surface area contributed by atoms with Crippen LogP contribution in [-0.4, -0.2) is 34.9 Å². The maximum atomic E-state index is 12.2. The summed E-state index contributed by atoms with van der Waals surface area (Å²) in [4.78, 5) is 18.2. The fourth-order valence-electron chi connectivity index (χ4n) is 2.65. The number of hydrogen-bond acceptors (Lipinski definition) is 3. The van der Waals surface area contributed by atoms with Gasteiger partial charge in [0.25, 0.3) is 0 Å². The van der Waals surface area contributed by atoms with Gasteiger partial charge in [0.15, 0.2) is 0 Å². The van der Waals surface area contributed by atoms with Crippen molar-refractivity contribution in [2.45, 2.75) is 32.4 Å². The lowest BCUT2D eigenvalue weighted by molar-refractivity contribution is -0.131. The third kappa shape index (κ3) is 2.38. The van der Waals surface area contributed by atoms with Crippen LogP contribution in [0.2, 0.25) is 0 Å². The van der Waals surface area contributed by atoms with Crippen LogP contribution in [0.4, 0.5) is 0 Å². The van der Waals surface area contributed by atoms with Crippen molar-refractivity contribution in [3.63, 3.8) is 0 Å². The highest BCUT2D eigenvalue weighted by Gasteiger charge is 2.45. The first-order chi connectivity index (χ1) is 8.55. The number of nitrogens with zero attached hydrogens (tertiary/aromatic N) is 2. The van der Waals surface area contributed by atoms with Crippen LogP contribution >= 0.6 is 0 Å². The third-order valence-electron chi connectivity index (χ3n) is 3.93. The number of likely N-dealkylation sites (tertiary alicyclic amines) is 1. The lowest BCUT2D eigenvalue weighted by atomic mass is 9.88. The summed E-state index contributed by atoms with van der Waals surface area (Å²) in [6.45, 7) is 5.83.